The Morgan fingerprint density at radius 2 is 2.22 bits per heavy atom. The third-order valence-electron chi connectivity index (χ3n) is 5.37. The van der Waals surface area contributed by atoms with Gasteiger partial charge in [-0.15, -0.1) is 0 Å². The summed E-state index contributed by atoms with van der Waals surface area (Å²) in [6.07, 6.45) is 7.09. The highest BCUT2D eigenvalue weighted by molar-refractivity contribution is 6.04. The first-order valence-electron chi connectivity index (χ1n) is 9.41. The Labute approximate surface area is 157 Å². The molecule has 0 aromatic carbocycles. The number of hydrogen-bond donors (Lipinski definition) is 3. The number of hydrogen-bond acceptors (Lipinski definition) is 5. The molecule has 2 aromatic heterocycles. The van der Waals surface area contributed by atoms with Gasteiger partial charge >= 0.3 is 0 Å². The third-order valence-corrected chi connectivity index (χ3v) is 5.37. The fourth-order valence-corrected chi connectivity index (χ4v) is 3.87. The van der Waals surface area contributed by atoms with Crippen molar-refractivity contribution in [1.82, 2.24) is 25.2 Å². The normalized spacial score (nSPS) is 22.0. The first-order valence-corrected chi connectivity index (χ1v) is 9.41. The lowest BCUT2D eigenvalue weighted by Gasteiger charge is -2.19. The number of nitrogens with zero attached hydrogens (tertiary/aromatic N) is 3. The summed E-state index contributed by atoms with van der Waals surface area (Å²) >= 11 is 0. The maximum atomic E-state index is 12.2. The Morgan fingerprint density at radius 1 is 1.41 bits per heavy atom. The maximum Gasteiger partial charge on any atom is 0.255 e. The fourth-order valence-electron chi connectivity index (χ4n) is 3.87. The van der Waals surface area contributed by atoms with Crippen LogP contribution in [0, 0.1) is 11.8 Å². The maximum absolute atomic E-state index is 12.2. The van der Waals surface area contributed by atoms with Crippen LogP contribution in [0.25, 0.3) is 11.2 Å². The average Bonchev–Trinajstić information content (AvgIpc) is 3.29. The van der Waals surface area contributed by atoms with Crippen molar-refractivity contribution in [2.24, 2.45) is 11.8 Å². The zero-order chi connectivity index (χ0) is 19.0. The van der Waals surface area contributed by atoms with Crippen LogP contribution in [-0.4, -0.2) is 57.3 Å². The van der Waals surface area contributed by atoms with Crippen LogP contribution in [0.1, 0.15) is 30.1 Å². The van der Waals surface area contributed by atoms with Gasteiger partial charge < -0.3 is 20.5 Å². The summed E-state index contributed by atoms with van der Waals surface area (Å²) in [5.74, 6) is 1.47. The van der Waals surface area contributed by atoms with Crippen LogP contribution in [-0.2, 0) is 4.79 Å². The highest BCUT2D eigenvalue weighted by atomic mass is 16.2. The smallest absolute Gasteiger partial charge is 0.255 e. The van der Waals surface area contributed by atoms with Crippen LogP contribution in [0.4, 0.5) is 5.82 Å². The lowest BCUT2D eigenvalue weighted by Crippen LogP contribution is -2.31. The molecule has 4 rings (SSSR count). The molecule has 3 heterocycles. The molecule has 27 heavy (non-hydrogen) atoms. The van der Waals surface area contributed by atoms with Crippen LogP contribution < -0.4 is 10.6 Å². The molecule has 8 nitrogen and oxygen atoms in total. The fraction of sp³-hybridized carbons (Fsp3) is 0.474. The summed E-state index contributed by atoms with van der Waals surface area (Å²) in [7, 11) is 0. The van der Waals surface area contributed by atoms with Crippen molar-refractivity contribution in [1.29, 1.82) is 0 Å². The first kappa shape index (κ1) is 17.5. The quantitative estimate of drug-likeness (QED) is 0.671. The monoisotopic (exact) mass is 368 g/mol. The number of carbonyl (C=O) groups excluding carboxylic acids is 2. The molecule has 2 aliphatic rings. The third kappa shape index (κ3) is 3.39. The molecule has 1 saturated carbocycles. The van der Waals surface area contributed by atoms with Crippen LogP contribution >= 0.6 is 0 Å². The van der Waals surface area contributed by atoms with Gasteiger partial charge in [0.15, 0.2) is 5.65 Å². The van der Waals surface area contributed by atoms with E-state index in [-0.39, 0.29) is 17.9 Å². The molecule has 2 fully saturated rings. The molecule has 2 atom stereocenters. The molecule has 3 N–H and O–H groups in total. The van der Waals surface area contributed by atoms with Crippen molar-refractivity contribution in [3.05, 3.63) is 30.6 Å². The largest absolute Gasteiger partial charge is 0.364 e. The molecule has 1 saturated heterocycles. The molecule has 1 unspecified atom stereocenters. The predicted octanol–water partition coefficient (Wildman–Crippen LogP) is 1.54. The van der Waals surface area contributed by atoms with Gasteiger partial charge in [-0.3, -0.25) is 9.59 Å². The van der Waals surface area contributed by atoms with E-state index in [4.69, 9.17) is 0 Å². The van der Waals surface area contributed by atoms with E-state index in [1.807, 2.05) is 11.8 Å². The van der Waals surface area contributed by atoms with E-state index in [1.54, 1.807) is 12.4 Å². The summed E-state index contributed by atoms with van der Waals surface area (Å²) in [5.41, 5.74) is 1.61. The summed E-state index contributed by atoms with van der Waals surface area (Å²) in [6, 6.07) is 0.125. The van der Waals surface area contributed by atoms with Crippen molar-refractivity contribution >= 4 is 28.8 Å². The molecule has 1 aliphatic heterocycles. The molecule has 2 amide bonds. The van der Waals surface area contributed by atoms with Crippen molar-refractivity contribution < 1.29 is 9.59 Å². The Morgan fingerprint density at radius 3 is 2.93 bits per heavy atom. The topological polar surface area (TPSA) is 103 Å². The molecule has 0 radical (unpaired) electrons. The number of anilines is 1. The van der Waals surface area contributed by atoms with Gasteiger partial charge in [0, 0.05) is 37.8 Å². The van der Waals surface area contributed by atoms with Gasteiger partial charge in [0.05, 0.1) is 11.8 Å². The van der Waals surface area contributed by atoms with E-state index >= 15 is 0 Å². The Hall–Kier alpha value is -2.90. The van der Waals surface area contributed by atoms with E-state index < -0.39 is 0 Å². The minimum absolute atomic E-state index is 0.0318. The number of carbonyl (C=O) groups is 2. The predicted molar refractivity (Wildman–Crippen MR) is 102 cm³/mol. The van der Waals surface area contributed by atoms with E-state index in [9.17, 15) is 9.59 Å². The van der Waals surface area contributed by atoms with Crippen molar-refractivity contribution in [2.75, 3.05) is 25.0 Å². The Balaban J connectivity index is 1.56. The second-order valence-corrected chi connectivity index (χ2v) is 7.21. The van der Waals surface area contributed by atoms with Gasteiger partial charge in [0.2, 0.25) is 5.91 Å². The molecule has 8 heteroatoms. The summed E-state index contributed by atoms with van der Waals surface area (Å²) < 4.78 is 0. The second kappa shape index (κ2) is 7.02. The van der Waals surface area contributed by atoms with E-state index in [0.717, 1.165) is 6.54 Å². The highest BCUT2D eigenvalue weighted by Crippen LogP contribution is 2.42. The van der Waals surface area contributed by atoms with Crippen LogP contribution in [0.15, 0.2) is 25.0 Å². The number of likely N-dealkylation sites (tertiary alicyclic amines) is 1. The van der Waals surface area contributed by atoms with Gasteiger partial charge in [-0.25, -0.2) is 9.97 Å². The molecule has 2 aromatic rings. The number of amides is 2. The van der Waals surface area contributed by atoms with Crippen LogP contribution in [0.5, 0.6) is 0 Å². The molecular formula is C19H24N6O2. The van der Waals surface area contributed by atoms with Gasteiger partial charge in [-0.05, 0) is 31.8 Å². The van der Waals surface area contributed by atoms with Gasteiger partial charge in [-0.2, -0.15) is 0 Å². The van der Waals surface area contributed by atoms with E-state index in [1.165, 1.54) is 18.9 Å². The first-order chi connectivity index (χ1) is 13.1. The number of aromatic amines is 1. The molecular weight excluding hydrogens is 344 g/mol. The number of aromatic nitrogens is 3. The minimum Gasteiger partial charge on any atom is -0.364 e. The zero-order valence-electron chi connectivity index (χ0n) is 15.4. The molecule has 1 aliphatic carbocycles. The lowest BCUT2D eigenvalue weighted by atomic mass is 9.98. The van der Waals surface area contributed by atoms with Gasteiger partial charge in [0.25, 0.3) is 5.91 Å². The second-order valence-electron chi connectivity index (χ2n) is 7.21. The Bertz CT molecular complexity index is 887. The molecule has 142 valence electrons. The lowest BCUT2D eigenvalue weighted by molar-refractivity contribution is -0.125. The van der Waals surface area contributed by atoms with E-state index in [2.05, 4.69) is 32.2 Å². The molecule has 0 spiro atoms. The number of fused-ring (bicyclic) bond motifs is 1. The summed E-state index contributed by atoms with van der Waals surface area (Å²) in [5, 5.41) is 6.24. The zero-order valence-corrected chi connectivity index (χ0v) is 15.4. The molecule has 0 bridgehead atoms. The number of H-pyrrole nitrogens is 1. The highest BCUT2D eigenvalue weighted by Gasteiger charge is 2.43. The Kier molecular flexibility index (Phi) is 4.55. The number of rotatable bonds is 6. The van der Waals surface area contributed by atoms with Gasteiger partial charge in [0.1, 0.15) is 11.3 Å². The van der Waals surface area contributed by atoms with Crippen molar-refractivity contribution in [3.63, 3.8) is 0 Å². The SMILES string of the molecule is C=CC(=O)N1CC(Nc2cnc3[nH]cc(C(=O)NCC)c3n2)[C@H](C2CC2)C1. The van der Waals surface area contributed by atoms with Crippen LogP contribution in [0.3, 0.4) is 0 Å². The standard InChI is InChI=1S/C19H24N6O2/c1-3-16(26)25-9-13(11-5-6-11)14(10-25)23-15-8-22-18-17(24-15)12(7-21-18)19(27)20-4-2/h3,7-8,11,13-14H,1,4-6,9-10H2,2H3,(H,20,27)(H,21,22)(H,23,24)/t13-,14?/m0/s1. The van der Waals surface area contributed by atoms with Crippen molar-refractivity contribution in [2.45, 2.75) is 25.8 Å². The van der Waals surface area contributed by atoms with Crippen LogP contribution in [0.2, 0.25) is 0 Å². The van der Waals surface area contributed by atoms with Crippen molar-refractivity contribution in [3.8, 4) is 0 Å². The minimum atomic E-state index is -0.172. The summed E-state index contributed by atoms with van der Waals surface area (Å²) in [4.78, 5) is 38.1. The number of nitrogens with one attached hydrogen (secondary N) is 3. The van der Waals surface area contributed by atoms with E-state index in [0.29, 0.717) is 47.5 Å². The summed E-state index contributed by atoms with van der Waals surface area (Å²) in [6.45, 7) is 7.39. The average molecular weight is 368 g/mol. The van der Waals surface area contributed by atoms with Gasteiger partial charge in [-0.1, -0.05) is 6.58 Å².